The summed E-state index contributed by atoms with van der Waals surface area (Å²) in [6, 6.07) is 1.91. The summed E-state index contributed by atoms with van der Waals surface area (Å²) in [5.41, 5.74) is 2.16. The number of aryl methyl sites for hydroxylation is 1. The molecule has 8 nitrogen and oxygen atoms in total. The van der Waals surface area contributed by atoms with Crippen LogP contribution in [0.5, 0.6) is 0 Å². The summed E-state index contributed by atoms with van der Waals surface area (Å²) in [7, 11) is 0. The van der Waals surface area contributed by atoms with Crippen molar-refractivity contribution in [2.75, 3.05) is 24.6 Å². The van der Waals surface area contributed by atoms with E-state index >= 15 is 0 Å². The van der Waals surface area contributed by atoms with E-state index in [-0.39, 0.29) is 11.9 Å². The van der Waals surface area contributed by atoms with Gasteiger partial charge in [0, 0.05) is 56.2 Å². The van der Waals surface area contributed by atoms with Crippen LogP contribution in [0.1, 0.15) is 36.3 Å². The van der Waals surface area contributed by atoms with E-state index in [1.165, 1.54) is 0 Å². The fourth-order valence-corrected chi connectivity index (χ4v) is 3.46. The van der Waals surface area contributed by atoms with E-state index in [9.17, 15) is 4.79 Å². The number of rotatable bonds is 5. The molecule has 8 heteroatoms. The lowest BCUT2D eigenvalue weighted by Gasteiger charge is -2.33. The Balaban J connectivity index is 1.33. The van der Waals surface area contributed by atoms with Gasteiger partial charge in [0.2, 0.25) is 11.9 Å². The van der Waals surface area contributed by atoms with Gasteiger partial charge >= 0.3 is 0 Å². The predicted octanol–water partition coefficient (Wildman–Crippen LogP) is 1.26. The summed E-state index contributed by atoms with van der Waals surface area (Å²) in [4.78, 5) is 23.6. The van der Waals surface area contributed by atoms with Crippen LogP contribution in [-0.4, -0.2) is 46.8 Å². The number of amides is 1. The lowest BCUT2D eigenvalue weighted by Crippen LogP contribution is -2.48. The van der Waals surface area contributed by atoms with E-state index < -0.39 is 0 Å². The highest BCUT2D eigenvalue weighted by molar-refractivity contribution is 5.76. The highest BCUT2D eigenvalue weighted by atomic mass is 16.5. The van der Waals surface area contributed by atoms with Crippen molar-refractivity contribution in [3.63, 3.8) is 0 Å². The molecule has 2 aromatic rings. The number of hydrogen-bond donors (Lipinski definition) is 1. The monoisotopic (exact) mass is 357 g/mol. The molecule has 4 heterocycles. The molecule has 1 amide bonds. The first-order chi connectivity index (χ1) is 12.8. The smallest absolute Gasteiger partial charge is 0.225 e. The predicted molar refractivity (Wildman–Crippen MR) is 93.6 cm³/mol. The van der Waals surface area contributed by atoms with Crippen LogP contribution in [0.15, 0.2) is 23.0 Å². The molecule has 2 aliphatic rings. The maximum absolute atomic E-state index is 12.2. The second-order valence-corrected chi connectivity index (χ2v) is 6.78. The molecule has 138 valence electrons. The molecule has 1 atom stereocenters. The quantitative estimate of drug-likeness (QED) is 0.861. The summed E-state index contributed by atoms with van der Waals surface area (Å²) in [5.74, 6) is 1.53. The number of piperidine rings is 1. The number of ether oxygens (including phenoxy) is 1. The zero-order chi connectivity index (χ0) is 17.8. The molecule has 2 aromatic heterocycles. The number of anilines is 1. The zero-order valence-corrected chi connectivity index (χ0v) is 14.7. The van der Waals surface area contributed by atoms with Crippen molar-refractivity contribution in [3.8, 4) is 0 Å². The fraction of sp³-hybridized carbons (Fsp3) is 0.556. The third kappa shape index (κ3) is 4.01. The molecule has 1 N–H and O–H groups in total. The number of aromatic nitrogens is 3. The summed E-state index contributed by atoms with van der Waals surface area (Å²) in [6.07, 6.45) is 7.26. The van der Waals surface area contributed by atoms with E-state index in [0.717, 1.165) is 55.3 Å². The molecular weight excluding hydrogens is 334 g/mol. The molecule has 0 bridgehead atoms. The van der Waals surface area contributed by atoms with E-state index in [1.807, 2.05) is 6.20 Å². The average molecular weight is 357 g/mol. The molecule has 1 fully saturated rings. The van der Waals surface area contributed by atoms with E-state index in [2.05, 4.69) is 20.4 Å². The van der Waals surface area contributed by atoms with Crippen molar-refractivity contribution in [1.29, 1.82) is 0 Å². The van der Waals surface area contributed by atoms with Gasteiger partial charge < -0.3 is 19.5 Å². The van der Waals surface area contributed by atoms with E-state index in [4.69, 9.17) is 14.2 Å². The topological polar surface area (TPSA) is 93.4 Å². The number of nitrogens with zero attached hydrogens (tertiary/aromatic N) is 4. The minimum atomic E-state index is 0.0387. The number of fused-ring (bicyclic) bond motifs is 1. The van der Waals surface area contributed by atoms with Crippen LogP contribution in [-0.2, 0) is 29.0 Å². The highest BCUT2D eigenvalue weighted by Gasteiger charge is 2.24. The van der Waals surface area contributed by atoms with Gasteiger partial charge in [0.1, 0.15) is 5.76 Å². The summed E-state index contributed by atoms with van der Waals surface area (Å²) in [6.45, 7) is 2.97. The normalized spacial score (nSPS) is 19.8. The van der Waals surface area contributed by atoms with Gasteiger partial charge in [-0.3, -0.25) is 4.79 Å². The van der Waals surface area contributed by atoms with Crippen LogP contribution in [0.2, 0.25) is 0 Å². The Morgan fingerprint density at radius 3 is 3.27 bits per heavy atom. The first-order valence-electron chi connectivity index (χ1n) is 9.14. The van der Waals surface area contributed by atoms with Gasteiger partial charge in [0.25, 0.3) is 0 Å². The Morgan fingerprint density at radius 1 is 1.42 bits per heavy atom. The SMILES string of the molecule is O=C(CCc1ccno1)NC1CCCN(c2ncc3c(n2)CCOC3)C1. The summed E-state index contributed by atoms with van der Waals surface area (Å²) < 4.78 is 10.5. The molecule has 0 spiro atoms. The average Bonchev–Trinajstić information content (AvgIpc) is 3.20. The molecule has 1 unspecified atom stereocenters. The molecule has 0 saturated carbocycles. The third-order valence-corrected chi connectivity index (χ3v) is 4.84. The van der Waals surface area contributed by atoms with Crippen molar-refractivity contribution in [3.05, 3.63) is 35.5 Å². The van der Waals surface area contributed by atoms with Gasteiger partial charge in [-0.05, 0) is 12.8 Å². The number of hydrogen-bond acceptors (Lipinski definition) is 7. The molecule has 1 saturated heterocycles. The minimum absolute atomic E-state index is 0.0387. The Bertz CT molecular complexity index is 749. The minimum Gasteiger partial charge on any atom is -0.376 e. The van der Waals surface area contributed by atoms with Crippen LogP contribution < -0.4 is 10.2 Å². The first-order valence-corrected chi connectivity index (χ1v) is 9.14. The Hall–Kier alpha value is -2.48. The van der Waals surface area contributed by atoms with Gasteiger partial charge in [-0.25, -0.2) is 9.97 Å². The summed E-state index contributed by atoms with van der Waals surface area (Å²) >= 11 is 0. The first kappa shape index (κ1) is 17.0. The van der Waals surface area contributed by atoms with Crippen LogP contribution in [0.4, 0.5) is 5.95 Å². The van der Waals surface area contributed by atoms with Crippen LogP contribution in [0.3, 0.4) is 0 Å². The van der Waals surface area contributed by atoms with Gasteiger partial charge in [0.05, 0.1) is 25.1 Å². The molecule has 0 radical (unpaired) electrons. The van der Waals surface area contributed by atoms with E-state index in [0.29, 0.717) is 26.1 Å². The second-order valence-electron chi connectivity index (χ2n) is 6.78. The molecule has 2 aliphatic heterocycles. The van der Waals surface area contributed by atoms with Gasteiger partial charge in [-0.2, -0.15) is 0 Å². The molecule has 0 aliphatic carbocycles. The lowest BCUT2D eigenvalue weighted by atomic mass is 10.1. The molecule has 4 rings (SSSR count). The largest absolute Gasteiger partial charge is 0.376 e. The van der Waals surface area contributed by atoms with E-state index in [1.54, 1.807) is 12.3 Å². The van der Waals surface area contributed by atoms with Crippen molar-refractivity contribution < 1.29 is 14.1 Å². The maximum atomic E-state index is 12.2. The summed E-state index contributed by atoms with van der Waals surface area (Å²) in [5, 5.41) is 6.78. The van der Waals surface area contributed by atoms with Gasteiger partial charge in [-0.1, -0.05) is 5.16 Å². The van der Waals surface area contributed by atoms with Crippen LogP contribution in [0.25, 0.3) is 0 Å². The van der Waals surface area contributed by atoms with Crippen molar-refractivity contribution in [2.45, 2.75) is 44.8 Å². The van der Waals surface area contributed by atoms with Gasteiger partial charge in [-0.15, -0.1) is 0 Å². The Labute approximate surface area is 151 Å². The standard InChI is InChI=1S/C18H23N5O3/c24-17(4-3-15-5-7-20-26-15)21-14-2-1-8-23(11-14)18-19-10-13-12-25-9-6-16(13)22-18/h5,7,10,14H,1-4,6,8-9,11-12H2,(H,21,24). The van der Waals surface area contributed by atoms with Gasteiger partial charge in [0.15, 0.2) is 0 Å². The number of nitrogens with one attached hydrogen (secondary N) is 1. The molecule has 0 aromatic carbocycles. The second kappa shape index (κ2) is 7.82. The Morgan fingerprint density at radius 2 is 2.38 bits per heavy atom. The number of carbonyl (C=O) groups excluding carboxylic acids is 1. The molecule has 26 heavy (non-hydrogen) atoms. The number of carbonyl (C=O) groups is 1. The van der Waals surface area contributed by atoms with Crippen LogP contribution >= 0.6 is 0 Å². The van der Waals surface area contributed by atoms with Crippen molar-refractivity contribution in [1.82, 2.24) is 20.4 Å². The van der Waals surface area contributed by atoms with Crippen molar-refractivity contribution >= 4 is 11.9 Å². The van der Waals surface area contributed by atoms with Crippen molar-refractivity contribution in [2.24, 2.45) is 0 Å². The Kier molecular flexibility index (Phi) is 5.10. The highest BCUT2D eigenvalue weighted by Crippen LogP contribution is 2.20. The lowest BCUT2D eigenvalue weighted by molar-refractivity contribution is -0.121. The van der Waals surface area contributed by atoms with Crippen LogP contribution in [0, 0.1) is 0 Å². The zero-order valence-electron chi connectivity index (χ0n) is 14.7. The maximum Gasteiger partial charge on any atom is 0.225 e. The molecular formula is C18H23N5O3. The third-order valence-electron chi connectivity index (χ3n) is 4.84. The fourth-order valence-electron chi connectivity index (χ4n) is 3.46.